The molecule has 0 spiro atoms. The Bertz CT molecular complexity index is 547. The van der Waals surface area contributed by atoms with Crippen molar-refractivity contribution in [3.8, 4) is 0 Å². The van der Waals surface area contributed by atoms with Crippen molar-refractivity contribution in [1.29, 1.82) is 0 Å². The van der Waals surface area contributed by atoms with Crippen LogP contribution in [0.25, 0.3) is 0 Å². The fourth-order valence-electron chi connectivity index (χ4n) is 3.07. The molecule has 0 unspecified atom stereocenters. The smallest absolute Gasteiger partial charge is 0.291 e. The van der Waals surface area contributed by atoms with Gasteiger partial charge >= 0.3 is 0 Å². The molecule has 6 heteroatoms. The van der Waals surface area contributed by atoms with Crippen LogP contribution in [0.3, 0.4) is 0 Å². The van der Waals surface area contributed by atoms with Gasteiger partial charge in [-0.3, -0.25) is 4.79 Å². The zero-order valence-electron chi connectivity index (χ0n) is 12.5. The molecule has 1 aromatic heterocycles. The molecular weight excluding hydrogens is 288 g/mol. The summed E-state index contributed by atoms with van der Waals surface area (Å²) < 4.78 is 1.60. The van der Waals surface area contributed by atoms with Crippen molar-refractivity contribution in [2.45, 2.75) is 32.2 Å². The largest absolute Gasteiger partial charge is 0.366 e. The molecule has 116 valence electrons. The second-order valence-electron chi connectivity index (χ2n) is 6.26. The van der Waals surface area contributed by atoms with Crippen LogP contribution in [0, 0.1) is 11.8 Å². The van der Waals surface area contributed by atoms with E-state index in [-0.39, 0.29) is 5.56 Å². The highest BCUT2D eigenvalue weighted by Crippen LogP contribution is 2.31. The Hall–Kier alpha value is -1.07. The van der Waals surface area contributed by atoms with Crippen molar-refractivity contribution in [3.05, 3.63) is 21.6 Å². The van der Waals surface area contributed by atoms with E-state index in [1.165, 1.54) is 12.8 Å². The molecule has 1 aliphatic heterocycles. The topological polar surface area (TPSA) is 50.2 Å². The van der Waals surface area contributed by atoms with E-state index < -0.39 is 0 Å². The van der Waals surface area contributed by atoms with Gasteiger partial charge in [0.2, 0.25) is 0 Å². The third-order valence-electron chi connectivity index (χ3n) is 4.53. The molecule has 0 bridgehead atoms. The van der Waals surface area contributed by atoms with Gasteiger partial charge in [-0.05, 0) is 51.1 Å². The van der Waals surface area contributed by atoms with Gasteiger partial charge in [-0.2, -0.15) is 5.10 Å². The van der Waals surface area contributed by atoms with E-state index in [1.807, 2.05) is 7.05 Å². The van der Waals surface area contributed by atoms with Crippen LogP contribution in [0.5, 0.6) is 0 Å². The molecule has 1 saturated carbocycles. The summed E-state index contributed by atoms with van der Waals surface area (Å²) in [5.41, 5.74) is 0.622. The quantitative estimate of drug-likeness (QED) is 0.900. The fraction of sp³-hybridized carbons (Fsp3) is 0.733. The van der Waals surface area contributed by atoms with Crippen LogP contribution < -0.4 is 15.8 Å². The first-order valence-electron chi connectivity index (χ1n) is 7.84. The first-order chi connectivity index (χ1) is 10.2. The first-order valence-corrected chi connectivity index (χ1v) is 8.22. The molecule has 0 atom stereocenters. The Kier molecular flexibility index (Phi) is 4.50. The minimum Gasteiger partial charge on any atom is -0.366 e. The van der Waals surface area contributed by atoms with E-state index in [2.05, 4.69) is 15.3 Å². The zero-order chi connectivity index (χ0) is 14.8. The summed E-state index contributed by atoms with van der Waals surface area (Å²) in [6.07, 6.45) is 6.24. The second kappa shape index (κ2) is 6.36. The summed E-state index contributed by atoms with van der Waals surface area (Å²) in [5.74, 6) is 1.33. The van der Waals surface area contributed by atoms with E-state index in [9.17, 15) is 4.79 Å². The molecule has 1 aromatic rings. The minimum absolute atomic E-state index is 0.0264. The average molecular weight is 311 g/mol. The monoisotopic (exact) mass is 310 g/mol. The predicted molar refractivity (Wildman–Crippen MR) is 85.1 cm³/mol. The van der Waals surface area contributed by atoms with E-state index in [0.29, 0.717) is 22.5 Å². The summed E-state index contributed by atoms with van der Waals surface area (Å²) >= 11 is 6.25. The van der Waals surface area contributed by atoms with Crippen molar-refractivity contribution in [1.82, 2.24) is 15.1 Å². The third-order valence-corrected chi connectivity index (χ3v) is 4.80. The van der Waals surface area contributed by atoms with Crippen molar-refractivity contribution < 1.29 is 0 Å². The van der Waals surface area contributed by atoms with Crippen molar-refractivity contribution in [2.24, 2.45) is 11.8 Å². The molecule has 21 heavy (non-hydrogen) atoms. The van der Waals surface area contributed by atoms with Crippen LogP contribution in [-0.2, 0) is 6.54 Å². The van der Waals surface area contributed by atoms with Gasteiger partial charge in [0.1, 0.15) is 5.69 Å². The van der Waals surface area contributed by atoms with Crippen LogP contribution in [0.2, 0.25) is 5.02 Å². The van der Waals surface area contributed by atoms with Gasteiger partial charge in [-0.15, -0.1) is 0 Å². The molecule has 1 N–H and O–H groups in total. The van der Waals surface area contributed by atoms with Crippen molar-refractivity contribution in [2.75, 3.05) is 31.6 Å². The zero-order valence-corrected chi connectivity index (χ0v) is 13.3. The predicted octanol–water partition coefficient (Wildman–Crippen LogP) is 1.74. The Labute approximate surface area is 130 Å². The number of hydrogen-bond donors (Lipinski definition) is 1. The third kappa shape index (κ3) is 3.40. The number of anilines is 1. The van der Waals surface area contributed by atoms with Crippen LogP contribution in [0.15, 0.2) is 11.0 Å². The van der Waals surface area contributed by atoms with Gasteiger partial charge in [0.25, 0.3) is 5.56 Å². The van der Waals surface area contributed by atoms with Crippen LogP contribution >= 0.6 is 11.6 Å². The number of piperidine rings is 1. The number of halogens is 1. The number of rotatable bonds is 5. The molecule has 2 aliphatic rings. The lowest BCUT2D eigenvalue weighted by Crippen LogP contribution is -2.41. The van der Waals surface area contributed by atoms with Gasteiger partial charge in [-0.1, -0.05) is 11.6 Å². The lowest BCUT2D eigenvalue weighted by molar-refractivity contribution is 0.392. The standard InChI is InChI=1S/C15H23ClN4O/c1-17-8-11-4-6-19(7-5-11)14-13(16)9-18-20(15(14)21)10-12-2-3-12/h9,11-12,17H,2-8,10H2,1H3. The maximum absolute atomic E-state index is 12.6. The summed E-state index contributed by atoms with van der Waals surface area (Å²) in [6.45, 7) is 3.58. The average Bonchev–Trinajstić information content (AvgIpc) is 3.28. The fourth-order valence-corrected chi connectivity index (χ4v) is 3.31. The van der Waals surface area contributed by atoms with Crippen LogP contribution in [0.4, 0.5) is 5.69 Å². The maximum Gasteiger partial charge on any atom is 0.291 e. The highest BCUT2D eigenvalue weighted by Gasteiger charge is 2.26. The molecule has 2 fully saturated rings. The first kappa shape index (κ1) is 14.9. The molecular formula is C15H23ClN4O. The highest BCUT2D eigenvalue weighted by molar-refractivity contribution is 6.33. The number of hydrogen-bond acceptors (Lipinski definition) is 4. The van der Waals surface area contributed by atoms with Gasteiger partial charge in [-0.25, -0.2) is 4.68 Å². The maximum atomic E-state index is 12.6. The number of nitrogens with one attached hydrogen (secondary N) is 1. The molecule has 3 rings (SSSR count). The second-order valence-corrected chi connectivity index (χ2v) is 6.67. The SMILES string of the molecule is CNCC1CCN(c2c(Cl)cnn(CC3CC3)c2=O)CC1. The van der Waals surface area contributed by atoms with Gasteiger partial charge in [0.05, 0.1) is 11.2 Å². The summed E-state index contributed by atoms with van der Waals surface area (Å²) in [7, 11) is 1.99. The summed E-state index contributed by atoms with van der Waals surface area (Å²) in [6, 6.07) is 0. The number of aromatic nitrogens is 2. The molecule has 1 aliphatic carbocycles. The Balaban J connectivity index is 1.76. The van der Waals surface area contributed by atoms with E-state index in [4.69, 9.17) is 11.6 Å². The summed E-state index contributed by atoms with van der Waals surface area (Å²) in [5, 5.41) is 7.91. The molecule has 5 nitrogen and oxygen atoms in total. The molecule has 0 radical (unpaired) electrons. The molecule has 2 heterocycles. The molecule has 0 aromatic carbocycles. The van der Waals surface area contributed by atoms with Crippen LogP contribution in [-0.4, -0.2) is 36.5 Å². The Morgan fingerprint density at radius 3 is 2.62 bits per heavy atom. The Morgan fingerprint density at radius 2 is 2.00 bits per heavy atom. The van der Waals surface area contributed by atoms with E-state index >= 15 is 0 Å². The molecule has 1 saturated heterocycles. The molecule has 0 amide bonds. The van der Waals surface area contributed by atoms with Gasteiger partial charge in [0.15, 0.2) is 0 Å². The lowest BCUT2D eigenvalue weighted by Gasteiger charge is -2.33. The van der Waals surface area contributed by atoms with Gasteiger partial charge < -0.3 is 10.2 Å². The van der Waals surface area contributed by atoms with Gasteiger partial charge in [0, 0.05) is 19.6 Å². The van der Waals surface area contributed by atoms with Crippen molar-refractivity contribution in [3.63, 3.8) is 0 Å². The normalized spacial score (nSPS) is 20.0. The Morgan fingerprint density at radius 1 is 1.29 bits per heavy atom. The lowest BCUT2D eigenvalue weighted by atomic mass is 9.96. The van der Waals surface area contributed by atoms with Crippen molar-refractivity contribution >= 4 is 17.3 Å². The summed E-state index contributed by atoms with van der Waals surface area (Å²) in [4.78, 5) is 14.8. The van der Waals surface area contributed by atoms with E-state index in [0.717, 1.165) is 39.0 Å². The van der Waals surface area contributed by atoms with Crippen LogP contribution in [0.1, 0.15) is 25.7 Å². The highest BCUT2D eigenvalue weighted by atomic mass is 35.5. The number of nitrogens with zero attached hydrogens (tertiary/aromatic N) is 3. The van der Waals surface area contributed by atoms with E-state index in [1.54, 1.807) is 10.9 Å². The minimum atomic E-state index is -0.0264.